The summed E-state index contributed by atoms with van der Waals surface area (Å²) in [6.07, 6.45) is 0. The lowest BCUT2D eigenvalue weighted by molar-refractivity contribution is -0.118. The van der Waals surface area contributed by atoms with Crippen LogP contribution in [0.15, 0.2) is 47.6 Å². The number of thioether (sulfide) groups is 1. The second-order valence-electron chi connectivity index (χ2n) is 6.20. The number of halogens is 2. The lowest BCUT2D eigenvalue weighted by Crippen LogP contribution is -2.25. The van der Waals surface area contributed by atoms with Gasteiger partial charge in [-0.05, 0) is 37.3 Å². The number of imidazole rings is 1. The Bertz CT molecular complexity index is 1080. The smallest absolute Gasteiger partial charge is 0.321 e. The van der Waals surface area contributed by atoms with Crippen LogP contribution in [0.2, 0.25) is 0 Å². The maximum atomic E-state index is 13.6. The van der Waals surface area contributed by atoms with Crippen molar-refractivity contribution >= 4 is 40.2 Å². The zero-order valence-corrected chi connectivity index (χ0v) is 15.5. The summed E-state index contributed by atoms with van der Waals surface area (Å²) in [5.74, 6) is -0.0818. The Kier molecular flexibility index (Phi) is 4.76. The van der Waals surface area contributed by atoms with Gasteiger partial charge in [-0.15, -0.1) is 0 Å². The molecule has 2 heterocycles. The van der Waals surface area contributed by atoms with E-state index in [1.807, 2.05) is 0 Å². The van der Waals surface area contributed by atoms with Crippen molar-refractivity contribution in [2.75, 3.05) is 11.9 Å². The minimum Gasteiger partial charge on any atom is -0.482 e. The summed E-state index contributed by atoms with van der Waals surface area (Å²) < 4.78 is 33.2. The van der Waals surface area contributed by atoms with Crippen molar-refractivity contribution in [2.24, 2.45) is 0 Å². The normalized spacial score (nSPS) is 14.5. The number of aromatic nitrogens is 2. The molecular weight excluding hydrogens is 388 g/mol. The summed E-state index contributed by atoms with van der Waals surface area (Å²) in [4.78, 5) is 28.5. The number of nitrogens with zero attached hydrogens (tertiary/aromatic N) is 2. The monoisotopic (exact) mass is 403 g/mol. The molecule has 1 aromatic heterocycles. The van der Waals surface area contributed by atoms with Gasteiger partial charge in [0.25, 0.3) is 5.91 Å². The number of hydrogen-bond donors (Lipinski definition) is 1. The molecule has 1 amide bonds. The molecule has 6 nitrogen and oxygen atoms in total. The molecule has 0 bridgehead atoms. The number of ether oxygens (including phenoxy) is 1. The molecule has 0 aliphatic carbocycles. The average molecular weight is 403 g/mol. The highest BCUT2D eigenvalue weighted by Gasteiger charge is 2.25. The van der Waals surface area contributed by atoms with Gasteiger partial charge < -0.3 is 10.1 Å². The zero-order valence-electron chi connectivity index (χ0n) is 14.7. The van der Waals surface area contributed by atoms with E-state index in [0.29, 0.717) is 28.0 Å². The molecule has 3 aromatic rings. The second kappa shape index (κ2) is 7.23. The number of carbonyl (C=O) groups excluding carboxylic acids is 2. The number of benzene rings is 2. The molecule has 0 spiro atoms. The Labute approximate surface area is 162 Å². The van der Waals surface area contributed by atoms with Crippen LogP contribution in [0.1, 0.15) is 23.8 Å². The van der Waals surface area contributed by atoms with Crippen molar-refractivity contribution in [3.05, 3.63) is 48.0 Å². The first-order chi connectivity index (χ1) is 13.4. The zero-order chi connectivity index (χ0) is 19.8. The molecule has 9 heteroatoms. The largest absolute Gasteiger partial charge is 0.482 e. The molecule has 0 saturated heterocycles. The Hall–Kier alpha value is -2.94. The van der Waals surface area contributed by atoms with Gasteiger partial charge in [-0.2, -0.15) is 8.78 Å². The van der Waals surface area contributed by atoms with E-state index in [0.717, 1.165) is 16.3 Å². The maximum absolute atomic E-state index is 13.6. The molecular formula is C19H15F2N3O3S. The number of rotatable bonds is 5. The lowest BCUT2D eigenvalue weighted by Gasteiger charge is -2.19. The topological polar surface area (TPSA) is 73.2 Å². The van der Waals surface area contributed by atoms with Crippen LogP contribution in [0.25, 0.3) is 11.0 Å². The number of anilines is 1. The lowest BCUT2D eigenvalue weighted by atomic mass is 10.1. The molecule has 144 valence electrons. The summed E-state index contributed by atoms with van der Waals surface area (Å²) >= 11 is 0.969. The number of fused-ring (bicyclic) bond motifs is 2. The van der Waals surface area contributed by atoms with Crippen molar-refractivity contribution in [1.29, 1.82) is 0 Å². The molecule has 28 heavy (non-hydrogen) atoms. The van der Waals surface area contributed by atoms with Gasteiger partial charge in [0.05, 0.1) is 22.0 Å². The summed E-state index contributed by atoms with van der Waals surface area (Å²) in [7, 11) is 0. The van der Waals surface area contributed by atoms with Gasteiger partial charge in [-0.3, -0.25) is 14.2 Å². The van der Waals surface area contributed by atoms with Gasteiger partial charge in [0.1, 0.15) is 5.75 Å². The van der Waals surface area contributed by atoms with Crippen LogP contribution in [0, 0.1) is 0 Å². The number of carbonyl (C=O) groups is 2. The molecule has 1 N–H and O–H groups in total. The Morgan fingerprint density at radius 2 is 2.07 bits per heavy atom. The van der Waals surface area contributed by atoms with E-state index in [-0.39, 0.29) is 23.5 Å². The number of para-hydroxylation sites is 2. The third kappa shape index (κ3) is 3.33. The number of alkyl halides is 2. The van der Waals surface area contributed by atoms with Gasteiger partial charge in [0.2, 0.25) is 0 Å². The average Bonchev–Trinajstić information content (AvgIpc) is 3.04. The van der Waals surface area contributed by atoms with Crippen molar-refractivity contribution < 1.29 is 23.1 Å². The predicted octanol–water partition coefficient (Wildman–Crippen LogP) is 4.13. The number of Topliss-reactive ketones (excluding diaryl/α,β-unsaturated/α-hetero) is 1. The van der Waals surface area contributed by atoms with Crippen molar-refractivity contribution in [3.8, 4) is 5.75 Å². The molecule has 2 aromatic carbocycles. The number of nitrogens with one attached hydrogen (secondary N) is 1. The van der Waals surface area contributed by atoms with E-state index in [1.54, 1.807) is 43.3 Å². The van der Waals surface area contributed by atoms with Crippen LogP contribution in [0.4, 0.5) is 14.5 Å². The molecule has 0 radical (unpaired) electrons. The van der Waals surface area contributed by atoms with E-state index in [4.69, 9.17) is 4.74 Å². The number of ketones is 1. The number of amides is 1. The molecule has 1 aliphatic rings. The first-order valence-electron chi connectivity index (χ1n) is 8.46. The highest BCUT2D eigenvalue weighted by atomic mass is 32.2. The quantitative estimate of drug-likeness (QED) is 0.512. The van der Waals surface area contributed by atoms with Crippen LogP contribution in [0.5, 0.6) is 5.75 Å². The fourth-order valence-electron chi connectivity index (χ4n) is 2.98. The van der Waals surface area contributed by atoms with E-state index in [9.17, 15) is 18.4 Å². The Balaban J connectivity index is 1.60. The summed E-state index contributed by atoms with van der Waals surface area (Å²) in [5, 5.41) is 2.06. The Morgan fingerprint density at radius 1 is 1.29 bits per heavy atom. The standard InChI is InChI=1S/C19H15F2N3O3S/c1-10(17(26)11-6-7-15-13(8-11)22-16(25)9-27-15)28-19-23-12-4-2-3-5-14(12)24(19)18(20)21/h2-8,10,18H,9H2,1H3,(H,22,25)/t10-/m1/s1. The second-order valence-corrected chi connectivity index (χ2v) is 7.51. The van der Waals surface area contributed by atoms with E-state index in [1.165, 1.54) is 6.07 Å². The van der Waals surface area contributed by atoms with Crippen molar-refractivity contribution in [2.45, 2.75) is 23.9 Å². The van der Waals surface area contributed by atoms with Gasteiger partial charge >= 0.3 is 6.55 Å². The van der Waals surface area contributed by atoms with Crippen LogP contribution in [-0.2, 0) is 4.79 Å². The van der Waals surface area contributed by atoms with Gasteiger partial charge in [-0.1, -0.05) is 23.9 Å². The molecule has 4 rings (SSSR count). The molecule has 0 fully saturated rings. The summed E-state index contributed by atoms with van der Waals surface area (Å²) in [5.41, 5.74) is 1.52. The van der Waals surface area contributed by atoms with E-state index >= 15 is 0 Å². The van der Waals surface area contributed by atoms with Crippen molar-refractivity contribution in [1.82, 2.24) is 9.55 Å². The third-order valence-electron chi connectivity index (χ3n) is 4.31. The molecule has 1 atom stereocenters. The number of hydrogen-bond acceptors (Lipinski definition) is 5. The van der Waals surface area contributed by atoms with Gasteiger partial charge in [0, 0.05) is 5.56 Å². The van der Waals surface area contributed by atoms with Crippen LogP contribution in [-0.4, -0.2) is 33.1 Å². The third-order valence-corrected chi connectivity index (χ3v) is 5.37. The van der Waals surface area contributed by atoms with Gasteiger partial charge in [-0.25, -0.2) is 4.98 Å². The highest BCUT2D eigenvalue weighted by molar-refractivity contribution is 8.00. The minimum absolute atomic E-state index is 0.0730. The van der Waals surface area contributed by atoms with E-state index in [2.05, 4.69) is 10.3 Å². The van der Waals surface area contributed by atoms with E-state index < -0.39 is 11.8 Å². The van der Waals surface area contributed by atoms with Crippen LogP contribution in [0.3, 0.4) is 0 Å². The first kappa shape index (κ1) is 18.4. The summed E-state index contributed by atoms with van der Waals surface area (Å²) in [6, 6.07) is 11.3. The Morgan fingerprint density at radius 3 is 2.86 bits per heavy atom. The predicted molar refractivity (Wildman–Crippen MR) is 101 cm³/mol. The van der Waals surface area contributed by atoms with Crippen molar-refractivity contribution in [3.63, 3.8) is 0 Å². The maximum Gasteiger partial charge on any atom is 0.321 e. The minimum atomic E-state index is -2.77. The SMILES string of the molecule is C[C@@H](Sc1nc2ccccc2n1C(F)F)C(=O)c1ccc2c(c1)NC(=O)CO2. The highest BCUT2D eigenvalue weighted by Crippen LogP contribution is 2.34. The molecule has 1 aliphatic heterocycles. The fourth-order valence-corrected chi connectivity index (χ4v) is 3.98. The van der Waals surface area contributed by atoms with Crippen LogP contribution < -0.4 is 10.1 Å². The summed E-state index contributed by atoms with van der Waals surface area (Å²) in [6.45, 7) is -1.21. The fraction of sp³-hybridized carbons (Fsp3) is 0.211. The van der Waals surface area contributed by atoms with Gasteiger partial charge in [0.15, 0.2) is 17.5 Å². The van der Waals surface area contributed by atoms with Crippen LogP contribution >= 0.6 is 11.8 Å². The first-order valence-corrected chi connectivity index (χ1v) is 9.34. The molecule has 0 saturated carbocycles. The molecule has 0 unspecified atom stereocenters.